The van der Waals surface area contributed by atoms with E-state index in [1.54, 1.807) is 38.1 Å². The van der Waals surface area contributed by atoms with Gasteiger partial charge in [0.2, 0.25) is 0 Å². The van der Waals surface area contributed by atoms with Gasteiger partial charge in [-0.05, 0) is 49.4 Å². The van der Waals surface area contributed by atoms with E-state index >= 15 is 0 Å². The molecule has 1 heterocycles. The van der Waals surface area contributed by atoms with Crippen molar-refractivity contribution in [2.24, 2.45) is 0 Å². The van der Waals surface area contributed by atoms with Gasteiger partial charge in [-0.15, -0.1) is 0 Å². The van der Waals surface area contributed by atoms with Crippen molar-refractivity contribution in [3.8, 4) is 5.75 Å². The predicted octanol–water partition coefficient (Wildman–Crippen LogP) is 2.14. The van der Waals surface area contributed by atoms with Crippen LogP contribution in [0, 0.1) is 0 Å². The molecule has 2 amide bonds. The summed E-state index contributed by atoms with van der Waals surface area (Å²) >= 11 is 0.717. The highest BCUT2D eigenvalue weighted by Gasteiger charge is 2.36. The van der Waals surface area contributed by atoms with Crippen LogP contribution < -0.4 is 4.74 Å². The van der Waals surface area contributed by atoms with E-state index in [1.807, 2.05) is 0 Å². The third-order valence-corrected chi connectivity index (χ3v) is 3.95. The molecule has 0 unspecified atom stereocenters. The second kappa shape index (κ2) is 8.52. The van der Waals surface area contributed by atoms with Crippen molar-refractivity contribution in [1.82, 2.24) is 4.90 Å². The fourth-order valence-electron chi connectivity index (χ4n) is 2.06. The minimum absolute atomic E-state index is 0.155. The van der Waals surface area contributed by atoms with Gasteiger partial charge < -0.3 is 14.6 Å². The number of ether oxygens (including phenoxy) is 2. The summed E-state index contributed by atoms with van der Waals surface area (Å²) in [4.78, 5) is 47.5. The van der Waals surface area contributed by atoms with Gasteiger partial charge in [-0.1, -0.05) is 12.1 Å². The number of aliphatic carboxylic acids is 1. The highest BCUT2D eigenvalue weighted by Crippen LogP contribution is 2.32. The number of esters is 1. The topological polar surface area (TPSA) is 110 Å². The zero-order valence-corrected chi connectivity index (χ0v) is 14.9. The number of thioether (sulfide) groups is 1. The SMILES string of the molecule is CC(C)OC(=O)CN1C(=O)S/C(=C/c2cccc(OCC(=O)O)c2)C1=O. The van der Waals surface area contributed by atoms with Gasteiger partial charge in [-0.3, -0.25) is 19.3 Å². The van der Waals surface area contributed by atoms with Gasteiger partial charge >= 0.3 is 11.9 Å². The van der Waals surface area contributed by atoms with Crippen LogP contribution in [0.1, 0.15) is 19.4 Å². The van der Waals surface area contributed by atoms with E-state index < -0.39 is 36.2 Å². The van der Waals surface area contributed by atoms with E-state index in [0.29, 0.717) is 11.3 Å². The lowest BCUT2D eigenvalue weighted by Gasteiger charge is -2.13. The minimum atomic E-state index is -1.11. The number of hydrogen-bond acceptors (Lipinski definition) is 7. The molecule has 1 fully saturated rings. The molecule has 1 N–H and O–H groups in total. The molecule has 1 aliphatic heterocycles. The molecule has 1 saturated heterocycles. The Morgan fingerprint density at radius 3 is 2.69 bits per heavy atom. The first-order valence-corrected chi connectivity index (χ1v) is 8.47. The van der Waals surface area contributed by atoms with Crippen molar-refractivity contribution in [2.45, 2.75) is 20.0 Å². The Morgan fingerprint density at radius 2 is 2.04 bits per heavy atom. The molecule has 138 valence electrons. The lowest BCUT2D eigenvalue weighted by atomic mass is 10.2. The molecule has 1 aliphatic rings. The zero-order valence-electron chi connectivity index (χ0n) is 14.1. The van der Waals surface area contributed by atoms with Crippen LogP contribution in [0.5, 0.6) is 5.75 Å². The van der Waals surface area contributed by atoms with Gasteiger partial charge in [0, 0.05) is 0 Å². The van der Waals surface area contributed by atoms with Gasteiger partial charge in [-0.2, -0.15) is 0 Å². The molecule has 1 aromatic carbocycles. The van der Waals surface area contributed by atoms with Crippen LogP contribution in [0.15, 0.2) is 29.2 Å². The fraction of sp³-hybridized carbons (Fsp3) is 0.294. The summed E-state index contributed by atoms with van der Waals surface area (Å²) in [6.45, 7) is 2.41. The highest BCUT2D eigenvalue weighted by atomic mass is 32.2. The largest absolute Gasteiger partial charge is 0.482 e. The molecule has 0 radical (unpaired) electrons. The molecule has 0 saturated carbocycles. The summed E-state index contributed by atoms with van der Waals surface area (Å²) in [5.41, 5.74) is 0.558. The van der Waals surface area contributed by atoms with Crippen LogP contribution in [0.2, 0.25) is 0 Å². The molecule has 2 rings (SSSR count). The summed E-state index contributed by atoms with van der Waals surface area (Å²) in [5, 5.41) is 8.07. The lowest BCUT2D eigenvalue weighted by molar-refractivity contribution is -0.149. The molecule has 1 aromatic rings. The summed E-state index contributed by atoms with van der Waals surface area (Å²) < 4.78 is 10.0. The second-order valence-corrected chi connectivity index (χ2v) is 6.55. The van der Waals surface area contributed by atoms with Crippen molar-refractivity contribution in [2.75, 3.05) is 13.2 Å². The van der Waals surface area contributed by atoms with Crippen molar-refractivity contribution in [1.29, 1.82) is 0 Å². The number of hydrogen-bond donors (Lipinski definition) is 1. The molecule has 0 spiro atoms. The first-order valence-electron chi connectivity index (χ1n) is 7.65. The maximum absolute atomic E-state index is 12.3. The fourth-order valence-corrected chi connectivity index (χ4v) is 2.89. The molecule has 0 bridgehead atoms. The van der Waals surface area contributed by atoms with E-state index in [4.69, 9.17) is 14.6 Å². The molecular formula is C17H17NO7S. The molecule has 8 nitrogen and oxygen atoms in total. The van der Waals surface area contributed by atoms with Crippen molar-refractivity contribution in [3.05, 3.63) is 34.7 Å². The summed E-state index contributed by atoms with van der Waals surface area (Å²) in [6, 6.07) is 6.43. The molecule has 0 aliphatic carbocycles. The van der Waals surface area contributed by atoms with E-state index in [-0.39, 0.29) is 11.0 Å². The number of benzene rings is 1. The number of carboxylic acid groups (broad SMARTS) is 1. The quantitative estimate of drug-likeness (QED) is 0.567. The van der Waals surface area contributed by atoms with Gasteiger partial charge in [0.1, 0.15) is 12.3 Å². The van der Waals surface area contributed by atoms with Crippen LogP contribution in [-0.2, 0) is 19.1 Å². The number of imide groups is 1. The van der Waals surface area contributed by atoms with Crippen LogP contribution in [0.3, 0.4) is 0 Å². The van der Waals surface area contributed by atoms with E-state index in [2.05, 4.69) is 0 Å². The number of nitrogens with zero attached hydrogens (tertiary/aromatic N) is 1. The monoisotopic (exact) mass is 379 g/mol. The van der Waals surface area contributed by atoms with Crippen LogP contribution in [0.25, 0.3) is 6.08 Å². The Labute approximate surface area is 153 Å². The first-order chi connectivity index (χ1) is 12.3. The summed E-state index contributed by atoms with van der Waals surface area (Å²) in [5.74, 6) is -2.03. The Bertz CT molecular complexity index is 772. The molecular weight excluding hydrogens is 362 g/mol. The highest BCUT2D eigenvalue weighted by molar-refractivity contribution is 8.18. The van der Waals surface area contributed by atoms with Crippen LogP contribution >= 0.6 is 11.8 Å². The average molecular weight is 379 g/mol. The average Bonchev–Trinajstić information content (AvgIpc) is 2.80. The standard InChI is InChI=1S/C17H17NO7S/c1-10(2)25-15(21)8-18-16(22)13(26-17(18)23)7-11-4-3-5-12(6-11)24-9-14(19)20/h3-7,10H,8-9H2,1-2H3,(H,19,20)/b13-7+. The van der Waals surface area contributed by atoms with Crippen LogP contribution in [-0.4, -0.2) is 52.3 Å². The maximum Gasteiger partial charge on any atom is 0.341 e. The first kappa shape index (κ1) is 19.5. The molecule has 9 heteroatoms. The second-order valence-electron chi connectivity index (χ2n) is 5.56. The Morgan fingerprint density at radius 1 is 1.31 bits per heavy atom. The third kappa shape index (κ3) is 5.35. The normalized spacial score (nSPS) is 15.7. The molecule has 0 aromatic heterocycles. The summed E-state index contributed by atoms with van der Waals surface area (Å²) in [7, 11) is 0. The van der Waals surface area contributed by atoms with Crippen LogP contribution in [0.4, 0.5) is 4.79 Å². The third-order valence-electron chi connectivity index (χ3n) is 3.05. The number of rotatable bonds is 7. The number of carbonyl (C=O) groups excluding carboxylic acids is 3. The van der Waals surface area contributed by atoms with E-state index in [1.165, 1.54) is 6.08 Å². The smallest absolute Gasteiger partial charge is 0.341 e. The Kier molecular flexibility index (Phi) is 6.40. The van der Waals surface area contributed by atoms with Gasteiger partial charge in [-0.25, -0.2) is 4.79 Å². The predicted molar refractivity (Wildman–Crippen MR) is 93.5 cm³/mol. The zero-order chi connectivity index (χ0) is 19.3. The minimum Gasteiger partial charge on any atom is -0.482 e. The number of amides is 2. The number of carboxylic acids is 1. The Balaban J connectivity index is 2.10. The lowest BCUT2D eigenvalue weighted by Crippen LogP contribution is -2.35. The summed E-state index contributed by atoms with van der Waals surface area (Å²) in [6.07, 6.45) is 1.14. The molecule has 0 atom stereocenters. The van der Waals surface area contributed by atoms with Crippen molar-refractivity contribution in [3.63, 3.8) is 0 Å². The Hall–Kier alpha value is -2.81. The van der Waals surface area contributed by atoms with Crippen molar-refractivity contribution < 1.29 is 33.8 Å². The van der Waals surface area contributed by atoms with Gasteiger partial charge in [0.15, 0.2) is 6.61 Å². The van der Waals surface area contributed by atoms with E-state index in [0.717, 1.165) is 16.7 Å². The van der Waals surface area contributed by atoms with Gasteiger partial charge in [0.05, 0.1) is 11.0 Å². The van der Waals surface area contributed by atoms with Crippen molar-refractivity contribution >= 4 is 40.9 Å². The molecule has 26 heavy (non-hydrogen) atoms. The van der Waals surface area contributed by atoms with Gasteiger partial charge in [0.25, 0.3) is 11.1 Å². The number of carbonyl (C=O) groups is 4. The van der Waals surface area contributed by atoms with E-state index in [9.17, 15) is 19.2 Å². The maximum atomic E-state index is 12.3.